The summed E-state index contributed by atoms with van der Waals surface area (Å²) >= 11 is 0. The number of piperazine rings is 1. The number of hydrogen-bond acceptors (Lipinski definition) is 5. The molecule has 0 aliphatic carbocycles. The number of nitrogens with one attached hydrogen (secondary N) is 1. The zero-order valence-electron chi connectivity index (χ0n) is 17.0. The molecule has 6 nitrogen and oxygen atoms in total. The van der Waals surface area contributed by atoms with E-state index in [0.717, 1.165) is 38.1 Å². The van der Waals surface area contributed by atoms with Gasteiger partial charge in [0.2, 0.25) is 0 Å². The number of piperidine rings is 2. The molecule has 3 heterocycles. The van der Waals surface area contributed by atoms with E-state index in [0.29, 0.717) is 0 Å². The van der Waals surface area contributed by atoms with E-state index in [1.807, 2.05) is 25.7 Å². The first-order valence-corrected chi connectivity index (χ1v) is 10.6. The maximum atomic E-state index is 12.2. The van der Waals surface area contributed by atoms with E-state index in [4.69, 9.17) is 4.74 Å². The molecular weight excluding hydrogens is 328 g/mol. The molecule has 26 heavy (non-hydrogen) atoms. The van der Waals surface area contributed by atoms with Gasteiger partial charge < -0.3 is 19.9 Å². The quantitative estimate of drug-likeness (QED) is 0.828. The van der Waals surface area contributed by atoms with E-state index in [1.54, 1.807) is 0 Å². The summed E-state index contributed by atoms with van der Waals surface area (Å²) in [6, 6.07) is 0.814. The van der Waals surface area contributed by atoms with Gasteiger partial charge in [0.25, 0.3) is 0 Å². The van der Waals surface area contributed by atoms with Gasteiger partial charge in [0.1, 0.15) is 5.60 Å². The van der Waals surface area contributed by atoms with Crippen molar-refractivity contribution in [3.05, 3.63) is 0 Å². The molecular formula is C20H38N4O2. The van der Waals surface area contributed by atoms with Gasteiger partial charge in [-0.25, -0.2) is 4.79 Å². The minimum Gasteiger partial charge on any atom is -0.444 e. The van der Waals surface area contributed by atoms with Crippen molar-refractivity contribution in [3.8, 4) is 0 Å². The zero-order valence-corrected chi connectivity index (χ0v) is 17.0. The third-order valence-electron chi connectivity index (χ3n) is 6.01. The molecule has 3 saturated heterocycles. The molecule has 0 aromatic rings. The summed E-state index contributed by atoms with van der Waals surface area (Å²) in [5.74, 6) is 0.820. The van der Waals surface area contributed by atoms with E-state index in [1.165, 1.54) is 58.4 Å². The SMILES string of the molecule is CC(C)(C)OC(=O)N1CCN(CC2CCN(C3CCNCC3)CC2)CC1. The zero-order chi connectivity index (χ0) is 18.6. The van der Waals surface area contributed by atoms with Crippen LogP contribution in [-0.2, 0) is 4.74 Å². The van der Waals surface area contributed by atoms with Crippen LogP contribution in [-0.4, -0.2) is 91.3 Å². The molecule has 150 valence electrons. The van der Waals surface area contributed by atoms with E-state index < -0.39 is 5.60 Å². The molecule has 0 aromatic carbocycles. The van der Waals surface area contributed by atoms with E-state index in [-0.39, 0.29) is 6.09 Å². The number of ether oxygens (including phenoxy) is 1. The predicted octanol–water partition coefficient (Wildman–Crippen LogP) is 2.00. The number of carbonyl (C=O) groups is 1. The van der Waals surface area contributed by atoms with Crippen molar-refractivity contribution in [2.75, 3.05) is 58.9 Å². The molecule has 0 saturated carbocycles. The van der Waals surface area contributed by atoms with Crippen LogP contribution in [0, 0.1) is 5.92 Å². The first-order valence-electron chi connectivity index (χ1n) is 10.6. The summed E-state index contributed by atoms with van der Waals surface area (Å²) in [4.78, 5) is 19.3. The first kappa shape index (κ1) is 19.9. The largest absolute Gasteiger partial charge is 0.444 e. The average molecular weight is 367 g/mol. The summed E-state index contributed by atoms with van der Waals surface area (Å²) in [6.07, 6.45) is 5.13. The summed E-state index contributed by atoms with van der Waals surface area (Å²) in [6.45, 7) is 15.4. The van der Waals surface area contributed by atoms with Crippen molar-refractivity contribution in [3.63, 3.8) is 0 Å². The lowest BCUT2D eigenvalue weighted by Gasteiger charge is -2.42. The smallest absolute Gasteiger partial charge is 0.410 e. The summed E-state index contributed by atoms with van der Waals surface area (Å²) in [7, 11) is 0. The van der Waals surface area contributed by atoms with Crippen LogP contribution in [0.15, 0.2) is 0 Å². The fourth-order valence-electron chi connectivity index (χ4n) is 4.48. The Hall–Kier alpha value is -0.850. The van der Waals surface area contributed by atoms with Crippen LogP contribution in [0.1, 0.15) is 46.5 Å². The lowest BCUT2D eigenvalue weighted by molar-refractivity contribution is 0.0117. The molecule has 1 amide bonds. The average Bonchev–Trinajstić information content (AvgIpc) is 2.62. The molecule has 0 aromatic heterocycles. The molecule has 0 radical (unpaired) electrons. The molecule has 3 aliphatic heterocycles. The van der Waals surface area contributed by atoms with Crippen LogP contribution >= 0.6 is 0 Å². The molecule has 1 N–H and O–H groups in total. The van der Waals surface area contributed by atoms with Gasteiger partial charge in [-0.2, -0.15) is 0 Å². The van der Waals surface area contributed by atoms with Gasteiger partial charge in [-0.1, -0.05) is 0 Å². The molecule has 3 fully saturated rings. The van der Waals surface area contributed by atoms with Gasteiger partial charge in [0.15, 0.2) is 0 Å². The summed E-state index contributed by atoms with van der Waals surface area (Å²) in [5, 5.41) is 3.47. The van der Waals surface area contributed by atoms with Crippen LogP contribution in [0.25, 0.3) is 0 Å². The van der Waals surface area contributed by atoms with Gasteiger partial charge in [-0.15, -0.1) is 0 Å². The van der Waals surface area contributed by atoms with Gasteiger partial charge in [-0.05, 0) is 78.6 Å². The van der Waals surface area contributed by atoms with Crippen LogP contribution < -0.4 is 5.32 Å². The van der Waals surface area contributed by atoms with E-state index >= 15 is 0 Å². The molecule has 6 heteroatoms. The Bertz CT molecular complexity index is 443. The lowest BCUT2D eigenvalue weighted by Crippen LogP contribution is -2.52. The summed E-state index contributed by atoms with van der Waals surface area (Å²) in [5.41, 5.74) is -0.406. The van der Waals surface area contributed by atoms with Crippen molar-refractivity contribution >= 4 is 6.09 Å². The van der Waals surface area contributed by atoms with E-state index in [2.05, 4.69) is 15.1 Å². The molecule has 3 aliphatic rings. The highest BCUT2D eigenvalue weighted by Crippen LogP contribution is 2.23. The highest BCUT2D eigenvalue weighted by atomic mass is 16.6. The second-order valence-electron chi connectivity index (χ2n) is 9.23. The Morgan fingerprint density at radius 3 is 2.15 bits per heavy atom. The maximum Gasteiger partial charge on any atom is 0.410 e. The van der Waals surface area contributed by atoms with Gasteiger partial charge in [0, 0.05) is 38.8 Å². The van der Waals surface area contributed by atoms with Crippen molar-refractivity contribution < 1.29 is 9.53 Å². The van der Waals surface area contributed by atoms with Crippen molar-refractivity contribution in [2.24, 2.45) is 5.92 Å². The number of nitrogens with zero attached hydrogens (tertiary/aromatic N) is 3. The van der Waals surface area contributed by atoms with Crippen molar-refractivity contribution in [1.82, 2.24) is 20.0 Å². The van der Waals surface area contributed by atoms with Crippen molar-refractivity contribution in [2.45, 2.75) is 58.1 Å². The van der Waals surface area contributed by atoms with Gasteiger partial charge >= 0.3 is 6.09 Å². The fraction of sp³-hybridized carbons (Fsp3) is 0.950. The standard InChI is InChI=1S/C20H38N4O2/c1-20(2,3)26-19(25)24-14-12-22(13-15-24)16-17-6-10-23(11-7-17)18-4-8-21-9-5-18/h17-18,21H,4-16H2,1-3H3. The third kappa shape index (κ3) is 5.83. The molecule has 0 atom stereocenters. The van der Waals surface area contributed by atoms with Gasteiger partial charge in [-0.3, -0.25) is 4.90 Å². The molecule has 0 unspecified atom stereocenters. The van der Waals surface area contributed by atoms with Crippen LogP contribution in [0.3, 0.4) is 0 Å². The number of carbonyl (C=O) groups excluding carboxylic acids is 1. The minimum absolute atomic E-state index is 0.160. The van der Waals surface area contributed by atoms with Crippen LogP contribution in [0.4, 0.5) is 4.79 Å². The van der Waals surface area contributed by atoms with Crippen molar-refractivity contribution in [1.29, 1.82) is 0 Å². The normalized spacial score (nSPS) is 25.4. The predicted molar refractivity (Wildman–Crippen MR) is 104 cm³/mol. The number of amides is 1. The highest BCUT2D eigenvalue weighted by molar-refractivity contribution is 5.68. The Morgan fingerprint density at radius 2 is 1.58 bits per heavy atom. The Kier molecular flexibility index (Phi) is 6.81. The Balaban J connectivity index is 1.34. The molecule has 0 spiro atoms. The van der Waals surface area contributed by atoms with Crippen LogP contribution in [0.2, 0.25) is 0 Å². The number of hydrogen-bond donors (Lipinski definition) is 1. The second kappa shape index (κ2) is 8.89. The minimum atomic E-state index is -0.406. The maximum absolute atomic E-state index is 12.2. The monoisotopic (exact) mass is 366 g/mol. The Morgan fingerprint density at radius 1 is 0.962 bits per heavy atom. The lowest BCUT2D eigenvalue weighted by atomic mass is 9.93. The number of rotatable bonds is 3. The summed E-state index contributed by atoms with van der Waals surface area (Å²) < 4.78 is 5.49. The topological polar surface area (TPSA) is 48.1 Å². The highest BCUT2D eigenvalue weighted by Gasteiger charge is 2.29. The molecule has 0 bridgehead atoms. The third-order valence-corrected chi connectivity index (χ3v) is 6.01. The van der Waals surface area contributed by atoms with Gasteiger partial charge in [0.05, 0.1) is 0 Å². The van der Waals surface area contributed by atoms with E-state index in [9.17, 15) is 4.79 Å². The van der Waals surface area contributed by atoms with Crippen LogP contribution in [0.5, 0.6) is 0 Å². The first-order chi connectivity index (χ1) is 12.4. The molecule has 3 rings (SSSR count). The Labute approximate surface area is 159 Å². The number of likely N-dealkylation sites (tertiary alicyclic amines) is 1. The fourth-order valence-corrected chi connectivity index (χ4v) is 4.48. The second-order valence-corrected chi connectivity index (χ2v) is 9.23.